The fourth-order valence-corrected chi connectivity index (χ4v) is 6.01. The van der Waals surface area contributed by atoms with Gasteiger partial charge in [-0.1, -0.05) is 46.2 Å². The van der Waals surface area contributed by atoms with Crippen LogP contribution in [-0.4, -0.2) is 111 Å². The number of benzene rings is 1. The van der Waals surface area contributed by atoms with E-state index in [-0.39, 0.29) is 69.2 Å². The van der Waals surface area contributed by atoms with Gasteiger partial charge in [0.15, 0.2) is 5.96 Å². The smallest absolute Gasteiger partial charge is 0.326 e. The predicted octanol–water partition coefficient (Wildman–Crippen LogP) is -0.0399. The minimum Gasteiger partial charge on any atom is -0.508 e. The molecule has 1 aliphatic heterocycles. The van der Waals surface area contributed by atoms with Gasteiger partial charge in [0, 0.05) is 25.9 Å². The van der Waals surface area contributed by atoms with Crippen molar-refractivity contribution in [3.63, 3.8) is 0 Å². The number of aliphatic imine (C=N–C) groups is 1. The van der Waals surface area contributed by atoms with E-state index in [1.54, 1.807) is 19.1 Å². The van der Waals surface area contributed by atoms with Gasteiger partial charge in [0.25, 0.3) is 0 Å². The van der Waals surface area contributed by atoms with Crippen molar-refractivity contribution < 1.29 is 48.9 Å². The van der Waals surface area contributed by atoms with Crippen LogP contribution in [0.1, 0.15) is 84.6 Å². The fraction of sp³-hybridized carbons (Fsp3) is 0.611. The Morgan fingerprint density at radius 2 is 1.56 bits per heavy atom. The number of carboxylic acids is 2. The summed E-state index contributed by atoms with van der Waals surface area (Å²) in [5.74, 6) is -6.37. The van der Waals surface area contributed by atoms with Gasteiger partial charge in [-0.25, -0.2) is 4.79 Å². The first-order valence-electron chi connectivity index (χ1n) is 18.2. The van der Waals surface area contributed by atoms with E-state index in [4.69, 9.17) is 16.6 Å². The van der Waals surface area contributed by atoms with Crippen LogP contribution in [-0.2, 0) is 40.0 Å². The van der Waals surface area contributed by atoms with Gasteiger partial charge in [0.2, 0.25) is 29.5 Å². The summed E-state index contributed by atoms with van der Waals surface area (Å²) in [6.45, 7) is 7.49. The zero-order chi connectivity index (χ0) is 40.5. The third-order valence-electron chi connectivity index (χ3n) is 9.11. The number of carbonyl (C=O) groups is 7. The Hall–Kier alpha value is -5.42. The highest BCUT2D eigenvalue weighted by Crippen LogP contribution is 2.21. The van der Waals surface area contributed by atoms with E-state index in [9.17, 15) is 43.8 Å². The number of hydrogen-bond donors (Lipinski definition) is 9. The average Bonchev–Trinajstić information content (AvgIpc) is 3.60. The Bertz CT molecular complexity index is 1500. The molecule has 300 valence electrons. The molecule has 6 atom stereocenters. The highest BCUT2D eigenvalue weighted by atomic mass is 16.4. The van der Waals surface area contributed by atoms with Gasteiger partial charge in [0.05, 0.1) is 6.42 Å². The second-order valence-electron chi connectivity index (χ2n) is 14.0. The number of phenolic OH excluding ortho intramolecular Hbond substituents is 1. The Morgan fingerprint density at radius 3 is 2.13 bits per heavy atom. The molecule has 1 aromatic rings. The van der Waals surface area contributed by atoms with Crippen molar-refractivity contribution in [3.8, 4) is 5.75 Å². The number of carbonyl (C=O) groups excluding carboxylic acids is 5. The van der Waals surface area contributed by atoms with Crippen molar-refractivity contribution >= 4 is 47.4 Å². The van der Waals surface area contributed by atoms with Crippen LogP contribution in [0.5, 0.6) is 5.75 Å². The number of hydrogen-bond acceptors (Lipinski definition) is 9. The molecule has 54 heavy (non-hydrogen) atoms. The Morgan fingerprint density at radius 1 is 0.889 bits per heavy atom. The number of aromatic hydroxyl groups is 1. The molecular formula is C36H56N8O10. The highest BCUT2D eigenvalue weighted by molar-refractivity contribution is 5.96. The molecule has 1 fully saturated rings. The number of nitrogens with one attached hydrogen (secondary N) is 4. The monoisotopic (exact) mass is 760 g/mol. The summed E-state index contributed by atoms with van der Waals surface area (Å²) in [6, 6.07) is 0.201. The zero-order valence-corrected chi connectivity index (χ0v) is 31.4. The SMILES string of the molecule is CC[C@H](C)[C@H](NC(=O)[C@H](Cc1ccc(O)cc1)NC(=O)[C@@H]1CCCN1C(=O)[C@H](CCCN=C(N)N)NC(=O)CCC(=O)O)C(=O)N[C@@H](CC(C)C)C(=O)O. The van der Waals surface area contributed by atoms with Crippen LogP contribution in [0.4, 0.5) is 0 Å². The Labute approximate surface area is 314 Å². The predicted molar refractivity (Wildman–Crippen MR) is 198 cm³/mol. The second kappa shape index (κ2) is 21.9. The lowest BCUT2D eigenvalue weighted by Crippen LogP contribution is -2.60. The summed E-state index contributed by atoms with van der Waals surface area (Å²) >= 11 is 0. The van der Waals surface area contributed by atoms with Crippen molar-refractivity contribution in [1.82, 2.24) is 26.2 Å². The maximum Gasteiger partial charge on any atom is 0.326 e. The number of likely N-dealkylation sites (tertiary alicyclic amines) is 1. The maximum absolute atomic E-state index is 14.0. The zero-order valence-electron chi connectivity index (χ0n) is 31.4. The van der Waals surface area contributed by atoms with E-state index < -0.39 is 84.0 Å². The van der Waals surface area contributed by atoms with Crippen molar-refractivity contribution in [2.45, 2.75) is 116 Å². The van der Waals surface area contributed by atoms with Gasteiger partial charge in [-0.2, -0.15) is 0 Å². The molecule has 0 bridgehead atoms. The summed E-state index contributed by atoms with van der Waals surface area (Å²) in [7, 11) is 0. The molecule has 18 heteroatoms. The third-order valence-corrected chi connectivity index (χ3v) is 9.11. The molecule has 0 saturated carbocycles. The van der Waals surface area contributed by atoms with Crippen molar-refractivity contribution in [2.75, 3.05) is 13.1 Å². The first-order chi connectivity index (χ1) is 25.4. The minimum atomic E-state index is -1.27. The van der Waals surface area contributed by atoms with E-state index in [1.807, 2.05) is 20.8 Å². The quantitative estimate of drug-likeness (QED) is 0.0428. The fourth-order valence-electron chi connectivity index (χ4n) is 6.01. The molecule has 18 nitrogen and oxygen atoms in total. The van der Waals surface area contributed by atoms with Gasteiger partial charge in [-0.05, 0) is 61.6 Å². The molecule has 0 aromatic heterocycles. The van der Waals surface area contributed by atoms with Gasteiger partial charge in [0.1, 0.15) is 36.0 Å². The first kappa shape index (κ1) is 44.7. The molecule has 0 aliphatic carbocycles. The summed E-state index contributed by atoms with van der Waals surface area (Å²) < 4.78 is 0. The molecule has 1 aromatic carbocycles. The molecule has 0 unspecified atom stereocenters. The summed E-state index contributed by atoms with van der Waals surface area (Å²) in [4.78, 5) is 96.0. The first-order valence-corrected chi connectivity index (χ1v) is 18.2. The van der Waals surface area contributed by atoms with Crippen molar-refractivity contribution in [1.29, 1.82) is 0 Å². The number of rotatable bonds is 22. The average molecular weight is 761 g/mol. The van der Waals surface area contributed by atoms with Crippen LogP contribution in [0, 0.1) is 11.8 Å². The number of carboxylic acid groups (broad SMARTS) is 2. The molecule has 2 rings (SSSR count). The van der Waals surface area contributed by atoms with Crippen LogP contribution < -0.4 is 32.7 Å². The molecule has 11 N–H and O–H groups in total. The van der Waals surface area contributed by atoms with Crippen molar-refractivity contribution in [3.05, 3.63) is 29.8 Å². The number of amides is 5. The number of nitrogens with zero attached hydrogens (tertiary/aromatic N) is 2. The van der Waals surface area contributed by atoms with E-state index in [0.29, 0.717) is 18.4 Å². The van der Waals surface area contributed by atoms with Crippen LogP contribution in [0.3, 0.4) is 0 Å². The topological polar surface area (TPSA) is 296 Å². The largest absolute Gasteiger partial charge is 0.508 e. The van der Waals surface area contributed by atoms with Crippen molar-refractivity contribution in [2.24, 2.45) is 28.3 Å². The molecule has 1 heterocycles. The Kier molecular flexibility index (Phi) is 18.2. The van der Waals surface area contributed by atoms with E-state index in [2.05, 4.69) is 26.3 Å². The van der Waals surface area contributed by atoms with Gasteiger partial charge >= 0.3 is 11.9 Å². The van der Waals surface area contributed by atoms with Gasteiger partial charge in [-0.3, -0.25) is 33.8 Å². The molecule has 1 saturated heterocycles. The lowest BCUT2D eigenvalue weighted by molar-refractivity contribution is -0.143. The minimum absolute atomic E-state index is 0.0188. The summed E-state index contributed by atoms with van der Waals surface area (Å²) in [5.41, 5.74) is 11.4. The van der Waals surface area contributed by atoms with E-state index >= 15 is 0 Å². The molecule has 1 aliphatic rings. The van der Waals surface area contributed by atoms with Crippen LogP contribution in [0.25, 0.3) is 0 Å². The molecule has 0 radical (unpaired) electrons. The standard InChI is InChI=1S/C36H56N8O10/c1-5-21(4)30(33(51)42-26(35(53)54)18-20(2)3)43-31(49)25(19-22-10-12-23(45)13-11-22)41-32(50)27-9-7-17-44(27)34(52)24(8-6-16-39-36(37)38)40-28(46)14-15-29(47)48/h10-13,20-21,24-27,30,45H,5-9,14-19H2,1-4H3,(H,40,46)(H,41,50)(H,42,51)(H,43,49)(H,47,48)(H,53,54)(H4,37,38,39)/t21-,24-,25-,26-,27-,30-/m0/s1. The highest BCUT2D eigenvalue weighted by Gasteiger charge is 2.39. The number of nitrogens with two attached hydrogens (primary N) is 2. The van der Waals surface area contributed by atoms with Gasteiger partial charge in [-0.15, -0.1) is 0 Å². The van der Waals surface area contributed by atoms with E-state index in [1.165, 1.54) is 17.0 Å². The van der Waals surface area contributed by atoms with Crippen LogP contribution in [0.2, 0.25) is 0 Å². The van der Waals surface area contributed by atoms with Crippen LogP contribution >= 0.6 is 0 Å². The lowest BCUT2D eigenvalue weighted by Gasteiger charge is -2.31. The number of phenols is 1. The number of aliphatic carboxylic acids is 2. The summed E-state index contributed by atoms with van der Waals surface area (Å²) in [5, 5.41) is 39.1. The Balaban J connectivity index is 2.36. The normalized spacial score (nSPS) is 16.6. The molecule has 0 spiro atoms. The summed E-state index contributed by atoms with van der Waals surface area (Å²) in [6.07, 6.45) is 0.786. The maximum atomic E-state index is 14.0. The van der Waals surface area contributed by atoms with Gasteiger partial charge < -0.3 is 53.0 Å². The molecule has 5 amide bonds. The third kappa shape index (κ3) is 14.9. The lowest BCUT2D eigenvalue weighted by atomic mass is 9.96. The second-order valence-corrected chi connectivity index (χ2v) is 14.0. The van der Waals surface area contributed by atoms with E-state index in [0.717, 1.165) is 0 Å². The molecular weight excluding hydrogens is 704 g/mol. The van der Waals surface area contributed by atoms with Crippen LogP contribution in [0.15, 0.2) is 29.3 Å². The number of guanidine groups is 1.